The van der Waals surface area contributed by atoms with Crippen LogP contribution in [0, 0.1) is 12.3 Å². The molecule has 0 saturated carbocycles. The Kier molecular flexibility index (Phi) is 5.59. The quantitative estimate of drug-likeness (QED) is 0.619. The molecule has 0 aromatic heterocycles. The number of terminal acetylenes is 1. The summed E-state index contributed by atoms with van der Waals surface area (Å²) in [7, 11) is 4.84. The van der Waals surface area contributed by atoms with Gasteiger partial charge < -0.3 is 9.47 Å². The molecular formula is C16H15ClN2O3S. The number of carbonyl (C=O) groups is 1. The third-order valence-corrected chi connectivity index (χ3v) is 4.48. The molecule has 0 spiro atoms. The van der Waals surface area contributed by atoms with E-state index in [2.05, 4.69) is 10.9 Å². The standard InChI is InChI=1S/C16H15ClN2O3S/c1-5-6-22-14-11(17)7-10(8-12(14)21-4)9-13-15(20)19(3)16(18-2)23-13/h1,7-9H,6H2,2-4H3/b13-9+,18-16?. The Hall–Kier alpha value is -2.10. The van der Waals surface area contributed by atoms with Gasteiger partial charge in [-0.05, 0) is 35.5 Å². The molecule has 23 heavy (non-hydrogen) atoms. The molecule has 0 bridgehead atoms. The summed E-state index contributed by atoms with van der Waals surface area (Å²) in [6.45, 7) is 0.0893. The second-order valence-corrected chi connectivity index (χ2v) is 5.92. The van der Waals surface area contributed by atoms with Crippen molar-refractivity contribution in [2.75, 3.05) is 27.8 Å². The van der Waals surface area contributed by atoms with Crippen LogP contribution in [-0.4, -0.2) is 43.8 Å². The highest BCUT2D eigenvalue weighted by molar-refractivity contribution is 8.18. The fourth-order valence-electron chi connectivity index (χ4n) is 1.98. The van der Waals surface area contributed by atoms with Crippen molar-refractivity contribution >= 4 is 40.5 Å². The summed E-state index contributed by atoms with van der Waals surface area (Å²) in [6.07, 6.45) is 6.92. The summed E-state index contributed by atoms with van der Waals surface area (Å²) in [5.74, 6) is 3.10. The van der Waals surface area contributed by atoms with Crippen LogP contribution in [0.1, 0.15) is 5.56 Å². The van der Waals surface area contributed by atoms with Crippen molar-refractivity contribution in [2.45, 2.75) is 0 Å². The Morgan fingerprint density at radius 3 is 2.83 bits per heavy atom. The third kappa shape index (κ3) is 3.63. The van der Waals surface area contributed by atoms with Gasteiger partial charge in [-0.1, -0.05) is 17.5 Å². The van der Waals surface area contributed by atoms with Crippen molar-refractivity contribution in [3.63, 3.8) is 0 Å². The summed E-state index contributed by atoms with van der Waals surface area (Å²) in [4.78, 5) is 18.3. The molecule has 0 N–H and O–H groups in total. The molecular weight excluding hydrogens is 336 g/mol. The fourth-order valence-corrected chi connectivity index (χ4v) is 3.18. The number of thioether (sulfide) groups is 1. The first-order chi connectivity index (χ1) is 11.0. The zero-order chi connectivity index (χ0) is 17.0. The van der Waals surface area contributed by atoms with Crippen LogP contribution in [0.15, 0.2) is 22.0 Å². The molecule has 2 rings (SSSR count). The molecule has 1 aromatic carbocycles. The summed E-state index contributed by atoms with van der Waals surface area (Å²) in [5.41, 5.74) is 0.724. The number of halogens is 1. The maximum absolute atomic E-state index is 12.2. The number of hydrogen-bond donors (Lipinski definition) is 0. The minimum atomic E-state index is -0.113. The number of amidine groups is 1. The molecule has 1 saturated heterocycles. The molecule has 120 valence electrons. The normalized spacial score (nSPS) is 17.7. The Morgan fingerprint density at radius 2 is 2.26 bits per heavy atom. The van der Waals surface area contributed by atoms with E-state index in [4.69, 9.17) is 27.5 Å². The van der Waals surface area contributed by atoms with Crippen LogP contribution in [0.3, 0.4) is 0 Å². The molecule has 0 radical (unpaired) electrons. The number of nitrogens with zero attached hydrogens (tertiary/aromatic N) is 2. The van der Waals surface area contributed by atoms with E-state index in [1.807, 2.05) is 0 Å². The van der Waals surface area contributed by atoms with Gasteiger partial charge in [0.1, 0.15) is 6.61 Å². The second kappa shape index (κ2) is 7.44. The predicted octanol–water partition coefficient (Wildman–Crippen LogP) is 2.89. The van der Waals surface area contributed by atoms with E-state index in [0.29, 0.717) is 26.6 Å². The van der Waals surface area contributed by atoms with Gasteiger partial charge in [0, 0.05) is 14.1 Å². The topological polar surface area (TPSA) is 51.1 Å². The lowest BCUT2D eigenvalue weighted by Gasteiger charge is -2.11. The molecule has 0 atom stereocenters. The second-order valence-electron chi connectivity index (χ2n) is 4.51. The lowest BCUT2D eigenvalue weighted by Crippen LogP contribution is -2.23. The van der Waals surface area contributed by atoms with Crippen LogP contribution in [-0.2, 0) is 4.79 Å². The van der Waals surface area contributed by atoms with Crippen LogP contribution in [0.5, 0.6) is 11.5 Å². The monoisotopic (exact) mass is 350 g/mol. The van der Waals surface area contributed by atoms with Crippen molar-refractivity contribution < 1.29 is 14.3 Å². The van der Waals surface area contributed by atoms with Crippen molar-refractivity contribution in [1.82, 2.24) is 4.90 Å². The summed E-state index contributed by atoms with van der Waals surface area (Å²) in [5, 5.41) is 1.01. The molecule has 1 aliphatic heterocycles. The third-order valence-electron chi connectivity index (χ3n) is 3.04. The van der Waals surface area contributed by atoms with Crippen LogP contribution < -0.4 is 9.47 Å². The van der Waals surface area contributed by atoms with E-state index in [1.54, 1.807) is 32.3 Å². The van der Waals surface area contributed by atoms with Gasteiger partial charge in [-0.15, -0.1) is 6.42 Å². The highest BCUT2D eigenvalue weighted by atomic mass is 35.5. The molecule has 0 aliphatic carbocycles. The Morgan fingerprint density at radius 1 is 1.52 bits per heavy atom. The first-order valence-corrected chi connectivity index (χ1v) is 7.79. The molecule has 5 nitrogen and oxygen atoms in total. The SMILES string of the molecule is C#CCOc1c(Cl)cc(/C=C2/SC(=NC)N(C)C2=O)cc1OC. The highest BCUT2D eigenvalue weighted by Crippen LogP contribution is 2.38. The molecule has 1 fully saturated rings. The zero-order valence-electron chi connectivity index (χ0n) is 12.9. The van der Waals surface area contributed by atoms with E-state index in [0.717, 1.165) is 5.56 Å². The van der Waals surface area contributed by atoms with Gasteiger partial charge in [0.15, 0.2) is 16.7 Å². The predicted molar refractivity (Wildman–Crippen MR) is 94.0 cm³/mol. The fraction of sp³-hybridized carbons (Fsp3) is 0.250. The Bertz CT molecular complexity index is 738. The average molecular weight is 351 g/mol. The van der Waals surface area contributed by atoms with E-state index in [1.165, 1.54) is 23.8 Å². The van der Waals surface area contributed by atoms with E-state index in [-0.39, 0.29) is 12.5 Å². The largest absolute Gasteiger partial charge is 0.493 e. The number of benzene rings is 1. The van der Waals surface area contributed by atoms with Crippen LogP contribution in [0.2, 0.25) is 5.02 Å². The number of ether oxygens (including phenoxy) is 2. The van der Waals surface area contributed by atoms with Crippen LogP contribution >= 0.6 is 23.4 Å². The minimum absolute atomic E-state index is 0.0893. The van der Waals surface area contributed by atoms with Gasteiger partial charge in [-0.25, -0.2) is 0 Å². The highest BCUT2D eigenvalue weighted by Gasteiger charge is 2.29. The minimum Gasteiger partial charge on any atom is -0.493 e. The number of carbonyl (C=O) groups excluding carboxylic acids is 1. The summed E-state index contributed by atoms with van der Waals surface area (Å²) < 4.78 is 10.7. The number of aliphatic imine (C=N–C) groups is 1. The van der Waals surface area contributed by atoms with Gasteiger partial charge >= 0.3 is 0 Å². The maximum Gasteiger partial charge on any atom is 0.266 e. The van der Waals surface area contributed by atoms with Gasteiger partial charge in [0.2, 0.25) is 0 Å². The molecule has 1 heterocycles. The Labute approximate surface area is 144 Å². The number of amides is 1. The van der Waals surface area contributed by atoms with Gasteiger partial charge in [0.25, 0.3) is 5.91 Å². The van der Waals surface area contributed by atoms with Gasteiger partial charge in [0.05, 0.1) is 17.0 Å². The van der Waals surface area contributed by atoms with Crippen molar-refractivity contribution in [2.24, 2.45) is 4.99 Å². The van der Waals surface area contributed by atoms with Gasteiger partial charge in [-0.2, -0.15) is 0 Å². The Balaban J connectivity index is 2.38. The zero-order valence-corrected chi connectivity index (χ0v) is 14.5. The molecule has 1 aliphatic rings. The number of likely N-dealkylation sites (N-methyl/N-ethyl adjacent to an activating group) is 1. The number of hydrogen-bond acceptors (Lipinski definition) is 5. The molecule has 0 unspecified atom stereocenters. The van der Waals surface area contributed by atoms with Crippen molar-refractivity contribution in [3.8, 4) is 23.8 Å². The molecule has 1 amide bonds. The number of rotatable bonds is 4. The summed E-state index contributed by atoms with van der Waals surface area (Å²) >= 11 is 7.53. The lowest BCUT2D eigenvalue weighted by molar-refractivity contribution is -0.121. The van der Waals surface area contributed by atoms with Crippen molar-refractivity contribution in [1.29, 1.82) is 0 Å². The lowest BCUT2D eigenvalue weighted by atomic mass is 10.2. The molecule has 1 aromatic rings. The van der Waals surface area contributed by atoms with Crippen molar-refractivity contribution in [3.05, 3.63) is 27.6 Å². The summed E-state index contributed by atoms with van der Waals surface area (Å²) in [6, 6.07) is 3.43. The van der Waals surface area contributed by atoms with E-state index in [9.17, 15) is 4.79 Å². The van der Waals surface area contributed by atoms with E-state index >= 15 is 0 Å². The smallest absolute Gasteiger partial charge is 0.266 e. The van der Waals surface area contributed by atoms with E-state index < -0.39 is 0 Å². The first kappa shape index (κ1) is 17.3. The van der Waals surface area contributed by atoms with Crippen LogP contribution in [0.4, 0.5) is 0 Å². The average Bonchev–Trinajstić information content (AvgIpc) is 2.81. The molecule has 7 heteroatoms. The first-order valence-electron chi connectivity index (χ1n) is 6.60. The number of methoxy groups -OCH3 is 1. The van der Waals surface area contributed by atoms with Crippen LogP contribution in [0.25, 0.3) is 6.08 Å². The maximum atomic E-state index is 12.2. The van der Waals surface area contributed by atoms with Gasteiger partial charge in [-0.3, -0.25) is 14.7 Å².